The van der Waals surface area contributed by atoms with Gasteiger partial charge in [0, 0.05) is 37.7 Å². The van der Waals surface area contributed by atoms with E-state index in [1.165, 1.54) is 5.69 Å². The van der Waals surface area contributed by atoms with Crippen molar-refractivity contribution in [1.82, 2.24) is 15.6 Å². The molecule has 0 radical (unpaired) electrons. The molecule has 2 N–H and O–H groups in total. The summed E-state index contributed by atoms with van der Waals surface area (Å²) in [6.45, 7) is 10.2. The summed E-state index contributed by atoms with van der Waals surface area (Å²) in [6, 6.07) is 3.45. The van der Waals surface area contributed by atoms with Crippen molar-refractivity contribution in [2.75, 3.05) is 37.7 Å². The smallest absolute Gasteiger partial charge is 0.407 e. The van der Waals surface area contributed by atoms with Crippen molar-refractivity contribution >= 4 is 26.2 Å². The average molecular weight is 420 g/mol. The SMILES string of the molecule is B.CCOC(=O)[C@@H](CNC(=O)OC(C)(C)C)NCC1CCN(c2ccncc2)CC1. The van der Waals surface area contributed by atoms with Gasteiger partial charge in [-0.25, -0.2) is 4.79 Å². The highest BCUT2D eigenvalue weighted by Crippen LogP contribution is 2.22. The first kappa shape index (κ1) is 25.8. The Morgan fingerprint density at radius 1 is 1.23 bits per heavy atom. The van der Waals surface area contributed by atoms with Crippen LogP contribution in [0.15, 0.2) is 24.5 Å². The minimum atomic E-state index is -0.597. The maximum Gasteiger partial charge on any atom is 0.407 e. The van der Waals surface area contributed by atoms with Gasteiger partial charge in [0.05, 0.1) is 15.0 Å². The predicted molar refractivity (Wildman–Crippen MR) is 122 cm³/mol. The molecule has 0 aliphatic carbocycles. The quantitative estimate of drug-likeness (QED) is 0.482. The van der Waals surface area contributed by atoms with E-state index in [2.05, 4.69) is 20.5 Å². The molecule has 9 heteroatoms. The number of nitrogens with zero attached hydrogens (tertiary/aromatic N) is 2. The number of carbonyl (C=O) groups is 2. The third kappa shape index (κ3) is 9.03. The van der Waals surface area contributed by atoms with Gasteiger partial charge in [-0.3, -0.25) is 9.78 Å². The van der Waals surface area contributed by atoms with Crippen LogP contribution in [0.4, 0.5) is 10.5 Å². The maximum absolute atomic E-state index is 12.3. The Labute approximate surface area is 181 Å². The van der Waals surface area contributed by atoms with E-state index in [9.17, 15) is 9.59 Å². The van der Waals surface area contributed by atoms with E-state index in [-0.39, 0.29) is 20.9 Å². The topological polar surface area (TPSA) is 92.8 Å². The summed E-state index contributed by atoms with van der Waals surface area (Å²) in [4.78, 5) is 30.6. The number of rotatable bonds is 8. The third-order valence-corrected chi connectivity index (χ3v) is 4.72. The Bertz CT molecular complexity index is 646. The summed E-state index contributed by atoms with van der Waals surface area (Å²) < 4.78 is 10.4. The summed E-state index contributed by atoms with van der Waals surface area (Å²) in [6.07, 6.45) is 5.14. The number of piperidine rings is 1. The molecule has 0 unspecified atom stereocenters. The van der Waals surface area contributed by atoms with E-state index in [0.29, 0.717) is 19.1 Å². The highest BCUT2D eigenvalue weighted by Gasteiger charge is 2.25. The van der Waals surface area contributed by atoms with Gasteiger partial charge in [-0.2, -0.15) is 0 Å². The predicted octanol–water partition coefficient (Wildman–Crippen LogP) is 1.16. The van der Waals surface area contributed by atoms with Crippen molar-refractivity contribution in [2.24, 2.45) is 5.92 Å². The largest absolute Gasteiger partial charge is 0.465 e. The van der Waals surface area contributed by atoms with Gasteiger partial charge in [0.1, 0.15) is 11.6 Å². The molecule has 168 valence electrons. The molecule has 1 atom stereocenters. The molecule has 1 fully saturated rings. The number of pyridine rings is 1. The van der Waals surface area contributed by atoms with Crippen LogP contribution in [0.2, 0.25) is 0 Å². The molecule has 2 heterocycles. The van der Waals surface area contributed by atoms with Gasteiger partial charge in [0.25, 0.3) is 0 Å². The van der Waals surface area contributed by atoms with Crippen LogP contribution in [0.25, 0.3) is 0 Å². The second-order valence-electron chi connectivity index (χ2n) is 8.23. The van der Waals surface area contributed by atoms with Crippen molar-refractivity contribution in [3.05, 3.63) is 24.5 Å². The number of aromatic nitrogens is 1. The first-order valence-corrected chi connectivity index (χ1v) is 10.3. The van der Waals surface area contributed by atoms with E-state index in [1.54, 1.807) is 27.7 Å². The lowest BCUT2D eigenvalue weighted by Gasteiger charge is -2.34. The van der Waals surface area contributed by atoms with Gasteiger partial charge in [0.15, 0.2) is 0 Å². The second kappa shape index (κ2) is 12.4. The zero-order valence-electron chi connectivity index (χ0n) is 17.9. The molecule has 0 bridgehead atoms. The molecule has 1 aliphatic heterocycles. The van der Waals surface area contributed by atoms with Crippen LogP contribution >= 0.6 is 0 Å². The minimum absolute atomic E-state index is 0. The minimum Gasteiger partial charge on any atom is -0.465 e. The summed E-state index contributed by atoms with van der Waals surface area (Å²) in [5.74, 6) is 0.101. The molecule has 30 heavy (non-hydrogen) atoms. The van der Waals surface area contributed by atoms with E-state index in [4.69, 9.17) is 9.47 Å². The van der Waals surface area contributed by atoms with Gasteiger partial charge < -0.3 is 25.0 Å². The number of amides is 1. The fourth-order valence-electron chi connectivity index (χ4n) is 3.24. The Morgan fingerprint density at radius 3 is 2.43 bits per heavy atom. The van der Waals surface area contributed by atoms with Crippen LogP contribution in [0.5, 0.6) is 0 Å². The van der Waals surface area contributed by atoms with Crippen LogP contribution < -0.4 is 15.5 Å². The summed E-state index contributed by atoms with van der Waals surface area (Å²) in [5.41, 5.74) is 0.608. The molecule has 1 aromatic heterocycles. The van der Waals surface area contributed by atoms with Crippen LogP contribution in [-0.4, -0.2) is 69.9 Å². The summed E-state index contributed by atoms with van der Waals surface area (Å²) in [7, 11) is 0. The van der Waals surface area contributed by atoms with E-state index < -0.39 is 17.7 Å². The number of nitrogens with one attached hydrogen (secondary N) is 2. The number of hydrogen-bond donors (Lipinski definition) is 2. The Kier molecular flexibility index (Phi) is 10.7. The van der Waals surface area contributed by atoms with Gasteiger partial charge in [-0.1, -0.05) is 0 Å². The zero-order chi connectivity index (χ0) is 21.3. The lowest BCUT2D eigenvalue weighted by Crippen LogP contribution is -2.49. The molecule has 0 saturated carbocycles. The van der Waals surface area contributed by atoms with Crippen molar-refractivity contribution < 1.29 is 19.1 Å². The average Bonchev–Trinajstić information content (AvgIpc) is 2.68. The number of esters is 1. The van der Waals surface area contributed by atoms with Crippen molar-refractivity contribution in [1.29, 1.82) is 0 Å². The number of hydrogen-bond acceptors (Lipinski definition) is 7. The van der Waals surface area contributed by atoms with Gasteiger partial charge in [0.2, 0.25) is 0 Å². The molecule has 2 rings (SSSR count). The van der Waals surface area contributed by atoms with Gasteiger partial charge in [-0.15, -0.1) is 0 Å². The highest BCUT2D eigenvalue weighted by atomic mass is 16.6. The fourth-order valence-corrected chi connectivity index (χ4v) is 3.24. The van der Waals surface area contributed by atoms with Crippen molar-refractivity contribution in [3.8, 4) is 0 Å². The fraction of sp³-hybridized carbons (Fsp3) is 0.667. The van der Waals surface area contributed by atoms with Crippen LogP contribution in [0.1, 0.15) is 40.5 Å². The van der Waals surface area contributed by atoms with E-state index in [0.717, 1.165) is 25.9 Å². The normalized spacial score (nSPS) is 15.7. The standard InChI is InChI=1S/C21H34N4O4.BH3/c1-5-28-19(26)18(15-24-20(27)29-21(2,3)4)23-14-16-8-12-25(13-9-16)17-6-10-22-11-7-17;/h6-7,10-11,16,18,23H,5,8-9,12-15H2,1-4H3,(H,24,27);1H3/t18-;/m1./s1. The molecule has 1 aromatic rings. The lowest BCUT2D eigenvalue weighted by atomic mass is 9.96. The maximum atomic E-state index is 12.3. The molecular weight excluding hydrogens is 383 g/mol. The monoisotopic (exact) mass is 420 g/mol. The summed E-state index contributed by atoms with van der Waals surface area (Å²) in [5, 5.41) is 5.93. The van der Waals surface area contributed by atoms with Crippen LogP contribution in [-0.2, 0) is 14.3 Å². The second-order valence-corrected chi connectivity index (χ2v) is 8.23. The Balaban J connectivity index is 0.00000450. The molecule has 1 amide bonds. The number of anilines is 1. The first-order valence-electron chi connectivity index (χ1n) is 10.3. The number of ether oxygens (including phenoxy) is 2. The van der Waals surface area contributed by atoms with E-state index in [1.807, 2.05) is 24.5 Å². The number of alkyl carbamates (subject to hydrolysis) is 1. The third-order valence-electron chi connectivity index (χ3n) is 4.72. The Hall–Kier alpha value is -2.29. The van der Waals surface area contributed by atoms with Crippen LogP contribution in [0.3, 0.4) is 0 Å². The molecule has 1 saturated heterocycles. The highest BCUT2D eigenvalue weighted by molar-refractivity contribution is 5.77. The zero-order valence-corrected chi connectivity index (χ0v) is 17.9. The van der Waals surface area contributed by atoms with E-state index >= 15 is 0 Å². The Morgan fingerprint density at radius 2 is 1.87 bits per heavy atom. The van der Waals surface area contributed by atoms with Crippen LogP contribution in [0, 0.1) is 5.92 Å². The number of carbonyl (C=O) groups excluding carboxylic acids is 2. The molecular formula is C21H37BN4O4. The van der Waals surface area contributed by atoms with Gasteiger partial charge in [-0.05, 0) is 65.1 Å². The van der Waals surface area contributed by atoms with Crippen molar-refractivity contribution in [3.63, 3.8) is 0 Å². The molecule has 8 nitrogen and oxygen atoms in total. The molecule has 0 spiro atoms. The lowest BCUT2D eigenvalue weighted by molar-refractivity contribution is -0.145. The summed E-state index contributed by atoms with van der Waals surface area (Å²) >= 11 is 0. The molecule has 0 aromatic carbocycles. The van der Waals surface area contributed by atoms with Gasteiger partial charge >= 0.3 is 12.1 Å². The van der Waals surface area contributed by atoms with Crippen molar-refractivity contribution in [2.45, 2.75) is 52.2 Å². The molecule has 1 aliphatic rings. The first-order chi connectivity index (χ1) is 13.8.